The van der Waals surface area contributed by atoms with Gasteiger partial charge in [0.25, 0.3) is 0 Å². The van der Waals surface area contributed by atoms with Crippen LogP contribution in [-0.2, 0) is 10.2 Å². The summed E-state index contributed by atoms with van der Waals surface area (Å²) in [4.78, 5) is 5.07. The van der Waals surface area contributed by atoms with E-state index in [2.05, 4.69) is 35.8 Å². The lowest BCUT2D eigenvalue weighted by atomic mass is 9.79. The lowest BCUT2D eigenvalue weighted by Gasteiger charge is -2.30. The van der Waals surface area contributed by atoms with Crippen LogP contribution < -0.4 is 20.1 Å². The standard InChI is InChI=1S/C23H33N3O3.HI/c1-2-24-22(26-18-14-17-6-8-19(18)29-17)25-15-23(9-3-4-10-23)16-5-7-20-21(13-16)28-12-11-27-20;/h5,7,13,17-19H,2-4,6,8-12,14-15H2,1H3,(H2,24,25,26);1H. The Bertz CT molecular complexity index is 766. The van der Waals surface area contributed by atoms with E-state index in [0.29, 0.717) is 31.5 Å². The third-order valence-electron chi connectivity index (χ3n) is 7.03. The number of rotatable bonds is 5. The van der Waals surface area contributed by atoms with Gasteiger partial charge in [0, 0.05) is 12.0 Å². The smallest absolute Gasteiger partial charge is 0.191 e. The highest BCUT2D eigenvalue weighted by Gasteiger charge is 2.41. The van der Waals surface area contributed by atoms with Gasteiger partial charge in [-0.3, -0.25) is 4.99 Å². The molecule has 1 aliphatic carbocycles. The molecule has 3 heterocycles. The first-order chi connectivity index (χ1) is 14.3. The quantitative estimate of drug-likeness (QED) is 0.347. The molecule has 3 unspecified atom stereocenters. The molecule has 3 aliphatic heterocycles. The molecular weight excluding hydrogens is 493 g/mol. The molecule has 2 saturated heterocycles. The van der Waals surface area contributed by atoms with Crippen LogP contribution in [0.4, 0.5) is 0 Å². The van der Waals surface area contributed by atoms with Gasteiger partial charge in [0.15, 0.2) is 17.5 Å². The van der Waals surface area contributed by atoms with Gasteiger partial charge in [-0.05, 0) is 56.7 Å². The molecule has 5 rings (SSSR count). The molecule has 2 N–H and O–H groups in total. The number of nitrogens with one attached hydrogen (secondary N) is 2. The molecule has 0 aromatic heterocycles. The SMILES string of the molecule is CCNC(=NCC1(c2ccc3c(c2)OCCO3)CCCC1)NC1CC2CCC1O2.I. The molecular formula is C23H34IN3O3. The second kappa shape index (κ2) is 9.51. The maximum Gasteiger partial charge on any atom is 0.191 e. The zero-order valence-corrected chi connectivity index (χ0v) is 20.2. The second-order valence-corrected chi connectivity index (χ2v) is 8.90. The van der Waals surface area contributed by atoms with E-state index >= 15 is 0 Å². The van der Waals surface area contributed by atoms with Crippen molar-refractivity contribution in [3.8, 4) is 11.5 Å². The fourth-order valence-electron chi connectivity index (χ4n) is 5.48. The van der Waals surface area contributed by atoms with Gasteiger partial charge in [0.05, 0.1) is 24.8 Å². The van der Waals surface area contributed by atoms with Gasteiger partial charge < -0.3 is 24.8 Å². The van der Waals surface area contributed by atoms with Gasteiger partial charge in [0.2, 0.25) is 0 Å². The number of fused-ring (bicyclic) bond motifs is 3. The number of ether oxygens (including phenoxy) is 3. The molecule has 0 radical (unpaired) electrons. The van der Waals surface area contributed by atoms with Gasteiger partial charge >= 0.3 is 0 Å². The minimum Gasteiger partial charge on any atom is -0.486 e. The van der Waals surface area contributed by atoms with Gasteiger partial charge in [-0.1, -0.05) is 18.9 Å². The minimum absolute atomic E-state index is 0. The van der Waals surface area contributed by atoms with E-state index in [1.165, 1.54) is 44.1 Å². The van der Waals surface area contributed by atoms with Crippen LogP contribution in [0.3, 0.4) is 0 Å². The van der Waals surface area contributed by atoms with E-state index in [0.717, 1.165) is 37.0 Å². The molecule has 1 saturated carbocycles. The summed E-state index contributed by atoms with van der Waals surface area (Å²) in [5, 5.41) is 7.11. The normalized spacial score (nSPS) is 28.8. The van der Waals surface area contributed by atoms with E-state index in [1.54, 1.807) is 0 Å². The molecule has 4 aliphatic rings. The van der Waals surface area contributed by atoms with Crippen molar-refractivity contribution >= 4 is 29.9 Å². The van der Waals surface area contributed by atoms with E-state index < -0.39 is 0 Å². The van der Waals surface area contributed by atoms with Crippen molar-refractivity contribution in [1.29, 1.82) is 0 Å². The Balaban J connectivity index is 0.00000218. The zero-order valence-electron chi connectivity index (χ0n) is 17.8. The maximum atomic E-state index is 6.01. The van der Waals surface area contributed by atoms with Crippen LogP contribution >= 0.6 is 24.0 Å². The van der Waals surface area contributed by atoms with Crippen molar-refractivity contribution in [3.05, 3.63) is 23.8 Å². The first-order valence-electron chi connectivity index (χ1n) is 11.4. The first-order valence-corrected chi connectivity index (χ1v) is 11.4. The Labute approximate surface area is 196 Å². The summed E-state index contributed by atoms with van der Waals surface area (Å²) in [5.41, 5.74) is 1.42. The van der Waals surface area contributed by atoms with Crippen LogP contribution in [0.25, 0.3) is 0 Å². The molecule has 1 aromatic rings. The van der Waals surface area contributed by atoms with Crippen LogP contribution in [0.15, 0.2) is 23.2 Å². The van der Waals surface area contributed by atoms with Gasteiger partial charge in [-0.15, -0.1) is 24.0 Å². The van der Waals surface area contributed by atoms with E-state index in [4.69, 9.17) is 19.2 Å². The molecule has 3 atom stereocenters. The highest BCUT2D eigenvalue weighted by Crippen LogP contribution is 2.44. The predicted octanol–water partition coefficient (Wildman–Crippen LogP) is 3.76. The van der Waals surface area contributed by atoms with Gasteiger partial charge in [-0.2, -0.15) is 0 Å². The molecule has 166 valence electrons. The molecule has 0 amide bonds. The Morgan fingerprint density at radius 1 is 1.13 bits per heavy atom. The third-order valence-corrected chi connectivity index (χ3v) is 7.03. The van der Waals surface area contributed by atoms with E-state index in [-0.39, 0.29) is 29.4 Å². The monoisotopic (exact) mass is 527 g/mol. The Morgan fingerprint density at radius 2 is 1.93 bits per heavy atom. The van der Waals surface area contributed by atoms with Crippen molar-refractivity contribution in [2.45, 2.75) is 75.5 Å². The third kappa shape index (κ3) is 4.38. The summed E-state index contributed by atoms with van der Waals surface area (Å²) in [6.07, 6.45) is 9.14. The highest BCUT2D eigenvalue weighted by molar-refractivity contribution is 14.0. The Kier molecular flexibility index (Phi) is 6.97. The highest BCUT2D eigenvalue weighted by atomic mass is 127. The molecule has 3 fully saturated rings. The topological polar surface area (TPSA) is 64.1 Å². The molecule has 7 heteroatoms. The van der Waals surface area contributed by atoms with Gasteiger partial charge in [0.1, 0.15) is 13.2 Å². The molecule has 30 heavy (non-hydrogen) atoms. The average molecular weight is 527 g/mol. The predicted molar refractivity (Wildman–Crippen MR) is 128 cm³/mol. The summed E-state index contributed by atoms with van der Waals surface area (Å²) >= 11 is 0. The van der Waals surface area contributed by atoms with Crippen molar-refractivity contribution < 1.29 is 14.2 Å². The lowest BCUT2D eigenvalue weighted by Crippen LogP contribution is -2.48. The zero-order chi connectivity index (χ0) is 19.7. The van der Waals surface area contributed by atoms with Crippen LogP contribution in [0.5, 0.6) is 11.5 Å². The Morgan fingerprint density at radius 3 is 2.63 bits per heavy atom. The molecule has 2 bridgehead atoms. The van der Waals surface area contributed by atoms with Crippen molar-refractivity contribution in [3.63, 3.8) is 0 Å². The van der Waals surface area contributed by atoms with Crippen molar-refractivity contribution in [1.82, 2.24) is 10.6 Å². The van der Waals surface area contributed by atoms with Gasteiger partial charge in [-0.25, -0.2) is 0 Å². The number of aliphatic imine (C=N–C) groups is 1. The second-order valence-electron chi connectivity index (χ2n) is 8.90. The fraction of sp³-hybridized carbons (Fsp3) is 0.696. The first kappa shape index (κ1) is 22.0. The number of nitrogens with zero attached hydrogens (tertiary/aromatic N) is 1. The van der Waals surface area contributed by atoms with Crippen LogP contribution in [0, 0.1) is 0 Å². The minimum atomic E-state index is 0. The summed E-state index contributed by atoms with van der Waals surface area (Å²) in [6, 6.07) is 6.88. The largest absolute Gasteiger partial charge is 0.486 e. The fourth-order valence-corrected chi connectivity index (χ4v) is 5.48. The lowest BCUT2D eigenvalue weighted by molar-refractivity contribution is 0.0992. The van der Waals surface area contributed by atoms with E-state index in [9.17, 15) is 0 Å². The number of halogens is 1. The summed E-state index contributed by atoms with van der Waals surface area (Å²) in [5.74, 6) is 2.67. The number of guanidine groups is 1. The molecule has 0 spiro atoms. The maximum absolute atomic E-state index is 6.01. The average Bonchev–Trinajstić information content (AvgIpc) is 3.50. The number of hydrogen-bond acceptors (Lipinski definition) is 4. The van der Waals surface area contributed by atoms with Crippen molar-refractivity contribution in [2.75, 3.05) is 26.3 Å². The van der Waals surface area contributed by atoms with Crippen LogP contribution in [0.1, 0.15) is 57.4 Å². The van der Waals surface area contributed by atoms with Crippen LogP contribution in [-0.4, -0.2) is 50.5 Å². The summed E-state index contributed by atoms with van der Waals surface area (Å²) in [6.45, 7) is 5.04. The van der Waals surface area contributed by atoms with Crippen molar-refractivity contribution in [2.24, 2.45) is 4.99 Å². The number of benzene rings is 1. The molecule has 1 aromatic carbocycles. The summed E-state index contributed by atoms with van der Waals surface area (Å²) in [7, 11) is 0. The Hall–Kier alpha value is -1.22. The summed E-state index contributed by atoms with van der Waals surface area (Å²) < 4.78 is 17.6. The van der Waals surface area contributed by atoms with E-state index in [1.807, 2.05) is 0 Å². The number of hydrogen-bond donors (Lipinski definition) is 2. The molecule has 6 nitrogen and oxygen atoms in total. The van der Waals surface area contributed by atoms with Crippen LogP contribution in [0.2, 0.25) is 0 Å².